The number of likely N-dealkylation sites (tertiary alicyclic amines) is 1. The summed E-state index contributed by atoms with van der Waals surface area (Å²) in [5.74, 6) is -0.349. The number of hydrogen-bond donors (Lipinski definition) is 1. The predicted octanol–water partition coefficient (Wildman–Crippen LogP) is 3.90. The smallest absolute Gasteiger partial charge is 0.407 e. The van der Waals surface area contributed by atoms with E-state index >= 15 is 0 Å². The van der Waals surface area contributed by atoms with Crippen molar-refractivity contribution < 1.29 is 19.1 Å². The van der Waals surface area contributed by atoms with Gasteiger partial charge < -0.3 is 19.7 Å². The number of carbonyl (C=O) groups excluding carboxylic acids is 2. The van der Waals surface area contributed by atoms with E-state index in [1.807, 2.05) is 0 Å². The Balaban J connectivity index is 2.37. The van der Waals surface area contributed by atoms with Crippen LogP contribution in [0.15, 0.2) is 0 Å². The fraction of sp³-hybridized carbons (Fsp3) is 0.810. The van der Waals surface area contributed by atoms with Gasteiger partial charge in [0.15, 0.2) is 0 Å². The number of nitrogens with one attached hydrogen (secondary N) is 1. The number of nitrogens with zero attached hydrogens (tertiary/aromatic N) is 1. The number of esters is 1. The molecular weight excluding hydrogens is 344 g/mol. The molecule has 1 fully saturated rings. The van der Waals surface area contributed by atoms with Gasteiger partial charge in [-0.25, -0.2) is 4.79 Å². The van der Waals surface area contributed by atoms with Crippen LogP contribution in [0.1, 0.15) is 71.1 Å². The number of amides is 1. The minimum atomic E-state index is -0.613. The first kappa shape index (κ1) is 23.7. The molecule has 0 aromatic heterocycles. The molecule has 0 spiro atoms. The second-order valence-corrected chi connectivity index (χ2v) is 7.54. The summed E-state index contributed by atoms with van der Waals surface area (Å²) in [7, 11) is 2.08. The van der Waals surface area contributed by atoms with E-state index in [0.717, 1.165) is 32.2 Å². The molecule has 1 saturated heterocycles. The average molecular weight is 383 g/mol. The third-order valence-corrected chi connectivity index (χ3v) is 5.03. The van der Waals surface area contributed by atoms with Crippen LogP contribution in [-0.4, -0.2) is 55.3 Å². The fourth-order valence-electron chi connectivity index (χ4n) is 3.39. The number of unbranched alkanes of at least 4 members (excludes halogenated alkanes) is 4. The van der Waals surface area contributed by atoms with Crippen LogP contribution in [0.5, 0.6) is 0 Å². The Labute approximate surface area is 165 Å². The first-order chi connectivity index (χ1) is 12.9. The number of ether oxygens (including phenoxy) is 2. The van der Waals surface area contributed by atoms with E-state index < -0.39 is 12.2 Å². The molecule has 2 unspecified atom stereocenters. The summed E-state index contributed by atoms with van der Waals surface area (Å²) in [6.45, 7) is 11.0. The van der Waals surface area contributed by atoms with Crippen molar-refractivity contribution in [3.05, 3.63) is 13.8 Å². The normalized spacial score (nSPS) is 18.5. The van der Waals surface area contributed by atoms with Crippen molar-refractivity contribution in [3.8, 4) is 0 Å². The van der Waals surface area contributed by atoms with Crippen LogP contribution in [0.4, 0.5) is 4.79 Å². The number of alkyl carbamates (subject to hydrolysis) is 1. The van der Waals surface area contributed by atoms with Gasteiger partial charge in [-0.05, 0) is 59.5 Å². The predicted molar refractivity (Wildman–Crippen MR) is 107 cm³/mol. The topological polar surface area (TPSA) is 67.9 Å². The van der Waals surface area contributed by atoms with Crippen LogP contribution in [0.3, 0.4) is 0 Å². The van der Waals surface area contributed by atoms with Crippen molar-refractivity contribution in [1.82, 2.24) is 10.2 Å². The fourth-order valence-corrected chi connectivity index (χ4v) is 3.39. The molecule has 2 atom stereocenters. The molecule has 6 nitrogen and oxygen atoms in total. The van der Waals surface area contributed by atoms with Gasteiger partial charge in [0.1, 0.15) is 12.2 Å². The highest BCUT2D eigenvalue weighted by atomic mass is 16.6. The first-order valence-electron chi connectivity index (χ1n) is 10.4. The summed E-state index contributed by atoms with van der Waals surface area (Å²) in [5, 5.41) is 2.88. The first-order valence-corrected chi connectivity index (χ1v) is 10.4. The van der Waals surface area contributed by atoms with Crippen molar-refractivity contribution >= 4 is 12.1 Å². The zero-order valence-corrected chi connectivity index (χ0v) is 17.2. The van der Waals surface area contributed by atoms with Gasteiger partial charge in [-0.2, -0.15) is 0 Å². The minimum Gasteiger partial charge on any atom is -0.462 e. The Morgan fingerprint density at radius 1 is 1.15 bits per heavy atom. The van der Waals surface area contributed by atoms with Gasteiger partial charge in [0.25, 0.3) is 0 Å². The maximum atomic E-state index is 12.2. The second kappa shape index (κ2) is 13.8. The highest BCUT2D eigenvalue weighted by molar-refractivity contribution is 5.70. The molecule has 1 heterocycles. The van der Waals surface area contributed by atoms with Crippen molar-refractivity contribution in [2.75, 3.05) is 20.1 Å². The molecule has 0 saturated carbocycles. The van der Waals surface area contributed by atoms with E-state index in [2.05, 4.69) is 38.0 Å². The van der Waals surface area contributed by atoms with Crippen LogP contribution in [0, 0.1) is 13.8 Å². The molecule has 1 aliphatic heterocycles. The average Bonchev–Trinajstić information content (AvgIpc) is 3.02. The summed E-state index contributed by atoms with van der Waals surface area (Å²) in [6, 6.07) is 0.381. The minimum absolute atomic E-state index is 0.208. The molecule has 0 aromatic rings. The largest absolute Gasteiger partial charge is 0.462 e. The van der Waals surface area contributed by atoms with Gasteiger partial charge in [-0.1, -0.05) is 32.6 Å². The molecule has 2 radical (unpaired) electrons. The number of hydrogen-bond acceptors (Lipinski definition) is 5. The molecule has 1 N–H and O–H groups in total. The quantitative estimate of drug-likeness (QED) is 0.386. The van der Waals surface area contributed by atoms with Crippen LogP contribution in [0.2, 0.25) is 0 Å². The second-order valence-electron chi connectivity index (χ2n) is 7.54. The summed E-state index contributed by atoms with van der Waals surface area (Å²) in [5.41, 5.74) is 0. The van der Waals surface area contributed by atoms with Crippen molar-refractivity contribution in [2.24, 2.45) is 0 Å². The maximum Gasteiger partial charge on any atom is 0.407 e. The van der Waals surface area contributed by atoms with Crippen LogP contribution in [0.25, 0.3) is 0 Å². The Hall–Kier alpha value is -1.30. The number of carbonyl (C=O) groups is 2. The summed E-state index contributed by atoms with van der Waals surface area (Å²) in [4.78, 5) is 26.2. The van der Waals surface area contributed by atoms with E-state index in [0.29, 0.717) is 19.0 Å². The zero-order chi connectivity index (χ0) is 20.1. The SMILES string of the molecule is [CH2]C([CH2])OC(=O)CCC(CCCCCCC)OC(=O)NCC1CCCN1C. The summed E-state index contributed by atoms with van der Waals surface area (Å²) >= 11 is 0. The summed E-state index contributed by atoms with van der Waals surface area (Å²) < 4.78 is 10.6. The third-order valence-electron chi connectivity index (χ3n) is 5.03. The monoisotopic (exact) mass is 382 g/mol. The van der Waals surface area contributed by atoms with Gasteiger partial charge in [0.2, 0.25) is 0 Å². The van der Waals surface area contributed by atoms with Crippen molar-refractivity contribution in [1.29, 1.82) is 0 Å². The molecular formula is C21H38N2O4. The van der Waals surface area contributed by atoms with Crippen molar-refractivity contribution in [2.45, 2.75) is 89.4 Å². The van der Waals surface area contributed by atoms with Crippen LogP contribution < -0.4 is 5.32 Å². The molecule has 1 amide bonds. The van der Waals surface area contributed by atoms with E-state index in [4.69, 9.17) is 9.47 Å². The Bertz CT molecular complexity index is 428. The molecule has 1 rings (SSSR count). The number of likely N-dealkylation sites (N-methyl/N-ethyl adjacent to an activating group) is 1. The van der Waals surface area contributed by atoms with Crippen LogP contribution in [-0.2, 0) is 14.3 Å². The van der Waals surface area contributed by atoms with Crippen molar-refractivity contribution in [3.63, 3.8) is 0 Å². The Morgan fingerprint density at radius 3 is 2.52 bits per heavy atom. The van der Waals surface area contributed by atoms with Gasteiger partial charge in [-0.15, -0.1) is 0 Å². The van der Waals surface area contributed by atoms with Gasteiger partial charge in [0, 0.05) is 19.0 Å². The highest BCUT2D eigenvalue weighted by Crippen LogP contribution is 2.16. The lowest BCUT2D eigenvalue weighted by atomic mass is 10.0. The van der Waals surface area contributed by atoms with Crippen LogP contribution >= 0.6 is 0 Å². The molecule has 0 aliphatic carbocycles. The van der Waals surface area contributed by atoms with Gasteiger partial charge in [0.05, 0.1) is 0 Å². The van der Waals surface area contributed by atoms with Gasteiger partial charge >= 0.3 is 12.1 Å². The lowest BCUT2D eigenvalue weighted by Crippen LogP contribution is -2.39. The molecule has 0 bridgehead atoms. The lowest BCUT2D eigenvalue weighted by Gasteiger charge is -2.22. The third kappa shape index (κ3) is 11.2. The zero-order valence-electron chi connectivity index (χ0n) is 17.2. The standard InChI is InChI=1S/C21H38N2O4/c1-5-6-7-8-9-12-19(13-14-20(24)26-17(2)3)27-21(25)22-16-18-11-10-15-23(18)4/h17-19H,2-3,5-16H2,1,4H3,(H,22,25). The maximum absolute atomic E-state index is 12.2. The van der Waals surface area contributed by atoms with E-state index in [9.17, 15) is 9.59 Å². The van der Waals surface area contributed by atoms with E-state index in [-0.39, 0.29) is 18.5 Å². The highest BCUT2D eigenvalue weighted by Gasteiger charge is 2.22. The van der Waals surface area contributed by atoms with Gasteiger partial charge in [-0.3, -0.25) is 4.79 Å². The molecule has 27 heavy (non-hydrogen) atoms. The van der Waals surface area contributed by atoms with E-state index in [1.54, 1.807) is 0 Å². The molecule has 0 aromatic carbocycles. The summed E-state index contributed by atoms with van der Waals surface area (Å²) in [6.07, 6.45) is 8.15. The number of rotatable bonds is 13. The lowest BCUT2D eigenvalue weighted by molar-refractivity contribution is -0.146. The molecule has 6 heteroatoms. The molecule has 156 valence electrons. The Morgan fingerprint density at radius 2 is 1.89 bits per heavy atom. The van der Waals surface area contributed by atoms with E-state index in [1.165, 1.54) is 25.7 Å². The molecule has 1 aliphatic rings. The Kier molecular flexibility index (Phi) is 12.1.